The first-order valence-corrected chi connectivity index (χ1v) is 16.5. The lowest BCUT2D eigenvalue weighted by molar-refractivity contribution is 0.00578. The number of aromatic amines is 1. The van der Waals surface area contributed by atoms with Gasteiger partial charge in [0.2, 0.25) is 9.84 Å². The molecule has 1 N–H and O–H groups in total. The molecule has 1 amide bonds. The van der Waals surface area contributed by atoms with Crippen LogP contribution in [0.15, 0.2) is 52.6 Å². The number of carbonyl (C=O) groups is 1. The second kappa shape index (κ2) is 11.5. The average Bonchev–Trinajstić information content (AvgIpc) is 3.70. The summed E-state index contributed by atoms with van der Waals surface area (Å²) >= 11 is 0. The first-order valence-electron chi connectivity index (χ1n) is 15.0. The van der Waals surface area contributed by atoms with Crippen LogP contribution in [0.1, 0.15) is 50.0 Å². The number of carbonyl (C=O) groups excluding carboxylic acids is 1. The molecule has 0 saturated carbocycles. The van der Waals surface area contributed by atoms with E-state index in [0.717, 1.165) is 24.8 Å². The summed E-state index contributed by atoms with van der Waals surface area (Å²) in [6.07, 6.45) is 3.33. The Morgan fingerprint density at radius 2 is 1.78 bits per heavy atom. The largest absolute Gasteiger partial charge is 0.496 e. The van der Waals surface area contributed by atoms with Crippen LogP contribution < -0.4 is 5.46 Å². The zero-order valence-corrected chi connectivity index (χ0v) is 27.3. The Kier molecular flexibility index (Phi) is 8.07. The van der Waals surface area contributed by atoms with Crippen LogP contribution in [0, 0.1) is 24.5 Å². The molecule has 1 atom stereocenters. The third kappa shape index (κ3) is 5.61. The lowest BCUT2D eigenvalue weighted by Gasteiger charge is -2.32. The molecule has 10 nitrogen and oxygen atoms in total. The number of sulfone groups is 1. The molecule has 2 aromatic carbocycles. The minimum absolute atomic E-state index is 0.0509. The monoisotopic (exact) mass is 652 g/mol. The topological polar surface area (TPSA) is 124 Å². The van der Waals surface area contributed by atoms with Crippen molar-refractivity contribution in [2.75, 3.05) is 26.8 Å². The molecule has 2 aromatic heterocycles. The van der Waals surface area contributed by atoms with Gasteiger partial charge in [-0.15, -0.1) is 0 Å². The van der Waals surface area contributed by atoms with Crippen LogP contribution in [0.3, 0.4) is 0 Å². The van der Waals surface area contributed by atoms with E-state index in [9.17, 15) is 13.2 Å². The zero-order valence-electron chi connectivity index (χ0n) is 26.5. The van der Waals surface area contributed by atoms with Crippen molar-refractivity contribution >= 4 is 39.5 Å². The second-order valence-corrected chi connectivity index (χ2v) is 14.8. The summed E-state index contributed by atoms with van der Waals surface area (Å²) in [7, 11) is -3.74. The number of H-pyrrole nitrogens is 1. The van der Waals surface area contributed by atoms with E-state index in [2.05, 4.69) is 15.0 Å². The molecule has 46 heavy (non-hydrogen) atoms. The number of benzene rings is 2. The van der Waals surface area contributed by atoms with Gasteiger partial charge < -0.3 is 23.9 Å². The molecule has 242 valence electrons. The number of hydrogen-bond acceptors (Lipinski definition) is 8. The number of aromatic nitrogens is 3. The number of hydrogen-bond donors (Lipinski definition) is 1. The molecule has 14 heteroatoms. The van der Waals surface area contributed by atoms with Crippen molar-refractivity contribution in [1.29, 1.82) is 0 Å². The molecule has 4 heterocycles. The van der Waals surface area contributed by atoms with E-state index in [1.165, 1.54) is 24.2 Å². The smallest absolute Gasteiger partial charge is 0.399 e. The van der Waals surface area contributed by atoms with Crippen LogP contribution in [0.25, 0.3) is 22.3 Å². The fraction of sp³-hybridized carbons (Fsp3) is 0.406. The van der Waals surface area contributed by atoms with Crippen molar-refractivity contribution in [2.24, 2.45) is 5.92 Å². The van der Waals surface area contributed by atoms with E-state index in [4.69, 9.17) is 14.0 Å². The first-order chi connectivity index (χ1) is 21.6. The molecule has 2 saturated heterocycles. The van der Waals surface area contributed by atoms with Crippen molar-refractivity contribution in [2.45, 2.75) is 62.2 Å². The standard InChI is InChI=1S/C32H35BF2N4O6S/c1-18-7-8-22(33-44-31(2,3)32(4,5)45-33)25(11-18)46(41,42)26-15-37-29-28(38-26)21(14-36-29)20-12-23(34)27(24(35)13-20)30(40)39(6)16-19-9-10-43-17-19/h7-8,11-15,19H,9-10,16-17H2,1-6H3,(H,36,37). The van der Waals surface area contributed by atoms with E-state index >= 15 is 8.78 Å². The van der Waals surface area contributed by atoms with Gasteiger partial charge in [-0.05, 0) is 70.4 Å². The van der Waals surface area contributed by atoms with E-state index in [1.807, 2.05) is 27.7 Å². The minimum atomic E-state index is -4.28. The zero-order chi connectivity index (χ0) is 33.2. The number of amides is 1. The summed E-state index contributed by atoms with van der Waals surface area (Å²) in [5, 5.41) is -0.366. The van der Waals surface area contributed by atoms with Gasteiger partial charge in [0.25, 0.3) is 5.91 Å². The summed E-state index contributed by atoms with van der Waals surface area (Å²) < 4.78 is 76.7. The van der Waals surface area contributed by atoms with Crippen molar-refractivity contribution < 1.29 is 36.0 Å². The van der Waals surface area contributed by atoms with Crippen molar-refractivity contribution in [3.8, 4) is 11.1 Å². The normalized spacial score (nSPS) is 19.2. The summed E-state index contributed by atoms with van der Waals surface area (Å²) in [5.41, 5.74) is -0.501. The van der Waals surface area contributed by atoms with Crippen molar-refractivity contribution in [3.05, 3.63) is 65.5 Å². The lowest BCUT2D eigenvalue weighted by atomic mass is 9.79. The minimum Gasteiger partial charge on any atom is -0.399 e. The van der Waals surface area contributed by atoms with E-state index < -0.39 is 51.3 Å². The number of fused-ring (bicyclic) bond motifs is 1. The summed E-state index contributed by atoms with van der Waals surface area (Å²) in [4.78, 5) is 25.8. The number of aryl methyl sites for hydroxylation is 1. The maximum absolute atomic E-state index is 15.4. The fourth-order valence-electron chi connectivity index (χ4n) is 5.70. The molecule has 1 unspecified atom stereocenters. The van der Waals surface area contributed by atoms with Crippen LogP contribution in [0.2, 0.25) is 0 Å². The molecule has 2 aliphatic heterocycles. The third-order valence-corrected chi connectivity index (χ3v) is 10.7. The molecule has 0 aliphatic carbocycles. The number of nitrogens with one attached hydrogen (secondary N) is 1. The maximum atomic E-state index is 15.4. The highest BCUT2D eigenvalue weighted by Gasteiger charge is 2.53. The molecular weight excluding hydrogens is 617 g/mol. The highest BCUT2D eigenvalue weighted by molar-refractivity contribution is 7.91. The Morgan fingerprint density at radius 1 is 1.11 bits per heavy atom. The van der Waals surface area contributed by atoms with Gasteiger partial charge >= 0.3 is 7.12 Å². The third-order valence-electron chi connectivity index (χ3n) is 9.07. The van der Waals surface area contributed by atoms with Crippen LogP contribution >= 0.6 is 0 Å². The molecule has 0 radical (unpaired) electrons. The van der Waals surface area contributed by atoms with Gasteiger partial charge in [0.05, 0.1) is 28.9 Å². The fourth-order valence-corrected chi connectivity index (χ4v) is 7.14. The SMILES string of the molecule is Cc1ccc(B2OC(C)(C)C(C)(C)O2)c(S(=O)(=O)c2cnc3[nH]cc(-c4cc(F)c(C(=O)N(C)CC5CCOC5)c(F)c4)c3n2)c1. The predicted octanol–water partition coefficient (Wildman–Crippen LogP) is 4.45. The van der Waals surface area contributed by atoms with Crippen LogP contribution in [-0.2, 0) is 23.9 Å². The van der Waals surface area contributed by atoms with Crippen molar-refractivity contribution in [3.63, 3.8) is 0 Å². The molecule has 2 fully saturated rings. The van der Waals surface area contributed by atoms with Crippen LogP contribution in [-0.4, -0.2) is 79.3 Å². The average molecular weight is 653 g/mol. The predicted molar refractivity (Wildman–Crippen MR) is 167 cm³/mol. The molecule has 4 aromatic rings. The number of ether oxygens (including phenoxy) is 1. The van der Waals surface area contributed by atoms with E-state index in [0.29, 0.717) is 30.8 Å². The van der Waals surface area contributed by atoms with Gasteiger partial charge in [0.15, 0.2) is 10.7 Å². The Labute approximate surface area is 266 Å². The lowest BCUT2D eigenvalue weighted by Crippen LogP contribution is -2.41. The second-order valence-electron chi connectivity index (χ2n) is 13.0. The van der Waals surface area contributed by atoms with Crippen LogP contribution in [0.5, 0.6) is 0 Å². The molecular formula is C32H35BF2N4O6S. The van der Waals surface area contributed by atoms with Gasteiger partial charge in [0, 0.05) is 43.3 Å². The van der Waals surface area contributed by atoms with E-state index in [-0.39, 0.29) is 38.1 Å². The first kappa shape index (κ1) is 32.2. The van der Waals surface area contributed by atoms with Gasteiger partial charge in [-0.3, -0.25) is 4.79 Å². The molecule has 2 aliphatic rings. The van der Waals surface area contributed by atoms with Gasteiger partial charge in [-0.25, -0.2) is 27.2 Å². The van der Waals surface area contributed by atoms with Crippen LogP contribution in [0.4, 0.5) is 8.78 Å². The summed E-state index contributed by atoms with van der Waals surface area (Å²) in [6.45, 7) is 10.7. The number of rotatable bonds is 7. The van der Waals surface area contributed by atoms with E-state index in [1.54, 1.807) is 19.1 Å². The quantitative estimate of drug-likeness (QED) is 0.291. The Morgan fingerprint density at radius 3 is 2.41 bits per heavy atom. The number of halogens is 2. The molecule has 0 bridgehead atoms. The highest BCUT2D eigenvalue weighted by atomic mass is 32.2. The Balaban J connectivity index is 1.36. The van der Waals surface area contributed by atoms with Crippen molar-refractivity contribution in [1.82, 2.24) is 19.9 Å². The van der Waals surface area contributed by atoms with Gasteiger partial charge in [-0.1, -0.05) is 12.1 Å². The Hall–Kier alpha value is -3.72. The highest BCUT2D eigenvalue weighted by Crippen LogP contribution is 2.37. The Bertz CT molecular complexity index is 1920. The van der Waals surface area contributed by atoms with Gasteiger partial charge in [-0.2, -0.15) is 0 Å². The summed E-state index contributed by atoms with van der Waals surface area (Å²) in [5.74, 6) is -2.78. The molecule has 0 spiro atoms. The number of nitrogens with zero attached hydrogens (tertiary/aromatic N) is 3. The molecule has 6 rings (SSSR count). The summed E-state index contributed by atoms with van der Waals surface area (Å²) in [6, 6.07) is 7.02. The maximum Gasteiger partial charge on any atom is 0.496 e. The van der Waals surface area contributed by atoms with Gasteiger partial charge in [0.1, 0.15) is 22.7 Å².